The highest BCUT2D eigenvalue weighted by Crippen LogP contribution is 2.55. The predicted molar refractivity (Wildman–Crippen MR) is 78.8 cm³/mol. The number of hydrogen-bond acceptors (Lipinski definition) is 3. The fourth-order valence-corrected chi connectivity index (χ4v) is 5.57. The van der Waals surface area contributed by atoms with Crippen molar-refractivity contribution in [3.05, 3.63) is 0 Å². The van der Waals surface area contributed by atoms with Crippen LogP contribution in [0.4, 0.5) is 4.79 Å². The highest BCUT2D eigenvalue weighted by molar-refractivity contribution is 6.04. The number of carbonyl (C=O) groups is 3. The van der Waals surface area contributed by atoms with Gasteiger partial charge in [0.25, 0.3) is 5.91 Å². The van der Waals surface area contributed by atoms with E-state index in [1.54, 1.807) is 7.05 Å². The molecule has 4 aliphatic carbocycles. The van der Waals surface area contributed by atoms with Gasteiger partial charge in [-0.25, -0.2) is 4.79 Å². The minimum Gasteiger partial charge on any atom is -0.349 e. The van der Waals surface area contributed by atoms with Gasteiger partial charge in [0.15, 0.2) is 0 Å². The zero-order valence-corrected chi connectivity index (χ0v) is 13.0. The molecule has 120 valence electrons. The van der Waals surface area contributed by atoms with Crippen LogP contribution in [0.5, 0.6) is 0 Å². The number of rotatable bonds is 3. The van der Waals surface area contributed by atoms with E-state index in [-0.39, 0.29) is 36.5 Å². The van der Waals surface area contributed by atoms with Gasteiger partial charge in [-0.1, -0.05) is 0 Å². The number of carbonyl (C=O) groups excluding carboxylic acids is 3. The summed E-state index contributed by atoms with van der Waals surface area (Å²) < 4.78 is 0. The number of urea groups is 1. The van der Waals surface area contributed by atoms with Crippen molar-refractivity contribution in [3.63, 3.8) is 0 Å². The molecule has 1 aliphatic heterocycles. The summed E-state index contributed by atoms with van der Waals surface area (Å²) in [5.41, 5.74) is -0.0659. The van der Waals surface area contributed by atoms with Crippen LogP contribution in [0.15, 0.2) is 0 Å². The highest BCUT2D eigenvalue weighted by Gasteiger charge is 2.51. The Labute approximate surface area is 130 Å². The van der Waals surface area contributed by atoms with Crippen molar-refractivity contribution in [2.75, 3.05) is 20.1 Å². The van der Waals surface area contributed by atoms with Gasteiger partial charge >= 0.3 is 6.03 Å². The van der Waals surface area contributed by atoms with E-state index in [2.05, 4.69) is 5.32 Å². The lowest BCUT2D eigenvalue weighted by molar-refractivity contribution is -0.133. The molecular weight excluding hydrogens is 282 g/mol. The van der Waals surface area contributed by atoms with Crippen LogP contribution in [0, 0.1) is 17.8 Å². The quantitative estimate of drug-likeness (QED) is 0.790. The normalized spacial score (nSPS) is 39.8. The van der Waals surface area contributed by atoms with Gasteiger partial charge in [0.1, 0.15) is 13.1 Å². The van der Waals surface area contributed by atoms with E-state index >= 15 is 0 Å². The number of nitrogens with zero attached hydrogens (tertiary/aromatic N) is 2. The maximum absolute atomic E-state index is 12.4. The smallest absolute Gasteiger partial charge is 0.327 e. The van der Waals surface area contributed by atoms with E-state index in [9.17, 15) is 14.4 Å². The van der Waals surface area contributed by atoms with Crippen LogP contribution in [-0.4, -0.2) is 53.3 Å². The monoisotopic (exact) mass is 305 g/mol. The molecule has 6 heteroatoms. The van der Waals surface area contributed by atoms with Crippen LogP contribution in [0.3, 0.4) is 0 Å². The third-order valence-corrected chi connectivity index (χ3v) is 5.98. The van der Waals surface area contributed by atoms with Crippen molar-refractivity contribution in [2.45, 2.75) is 44.1 Å². The minimum atomic E-state index is -0.370. The van der Waals surface area contributed by atoms with Crippen molar-refractivity contribution < 1.29 is 14.4 Å². The van der Waals surface area contributed by atoms with Crippen molar-refractivity contribution in [3.8, 4) is 0 Å². The van der Waals surface area contributed by atoms with Crippen molar-refractivity contribution in [1.29, 1.82) is 0 Å². The largest absolute Gasteiger partial charge is 0.349 e. The molecule has 4 bridgehead atoms. The van der Waals surface area contributed by atoms with Crippen molar-refractivity contribution in [2.24, 2.45) is 17.8 Å². The number of likely N-dealkylation sites (N-methyl/N-ethyl adjacent to an activating group) is 1. The molecule has 5 aliphatic rings. The Morgan fingerprint density at radius 1 is 1.14 bits per heavy atom. The summed E-state index contributed by atoms with van der Waals surface area (Å²) in [5, 5.41) is 3.20. The van der Waals surface area contributed by atoms with Crippen LogP contribution in [-0.2, 0) is 9.59 Å². The summed E-state index contributed by atoms with van der Waals surface area (Å²) in [6.07, 6.45) is 7.20. The second-order valence-electron chi connectivity index (χ2n) is 7.86. The summed E-state index contributed by atoms with van der Waals surface area (Å²) in [7, 11) is 1.58. The molecule has 0 aromatic carbocycles. The average molecular weight is 305 g/mol. The Hall–Kier alpha value is -1.59. The maximum Gasteiger partial charge on any atom is 0.327 e. The van der Waals surface area contributed by atoms with Crippen LogP contribution in [0.2, 0.25) is 0 Å². The van der Waals surface area contributed by atoms with E-state index < -0.39 is 0 Å². The molecule has 0 aromatic rings. The van der Waals surface area contributed by atoms with E-state index in [1.807, 2.05) is 0 Å². The Morgan fingerprint density at radius 2 is 1.68 bits per heavy atom. The Balaban J connectivity index is 1.42. The predicted octanol–water partition coefficient (Wildman–Crippen LogP) is 0.965. The minimum absolute atomic E-state index is 0.0659. The molecule has 5 fully saturated rings. The van der Waals surface area contributed by atoms with Crippen LogP contribution < -0.4 is 5.32 Å². The lowest BCUT2D eigenvalue weighted by Gasteiger charge is -2.56. The van der Waals surface area contributed by atoms with Gasteiger partial charge in [0.05, 0.1) is 0 Å². The topological polar surface area (TPSA) is 69.7 Å². The van der Waals surface area contributed by atoms with E-state index in [0.29, 0.717) is 0 Å². The first-order valence-corrected chi connectivity index (χ1v) is 8.30. The van der Waals surface area contributed by atoms with E-state index in [1.165, 1.54) is 24.2 Å². The fourth-order valence-electron chi connectivity index (χ4n) is 5.57. The van der Waals surface area contributed by atoms with Gasteiger partial charge in [-0.3, -0.25) is 14.5 Å². The molecule has 0 spiro atoms. The number of hydrogen-bond donors (Lipinski definition) is 1. The molecule has 0 radical (unpaired) electrons. The van der Waals surface area contributed by atoms with Crippen LogP contribution in [0.1, 0.15) is 38.5 Å². The zero-order valence-electron chi connectivity index (χ0n) is 13.0. The molecule has 22 heavy (non-hydrogen) atoms. The second kappa shape index (κ2) is 4.70. The van der Waals surface area contributed by atoms with Gasteiger partial charge in [-0.05, 0) is 56.3 Å². The van der Waals surface area contributed by atoms with Crippen LogP contribution in [0.25, 0.3) is 0 Å². The van der Waals surface area contributed by atoms with Crippen LogP contribution >= 0.6 is 0 Å². The summed E-state index contributed by atoms with van der Waals surface area (Å²) in [6, 6.07) is -0.370. The highest BCUT2D eigenvalue weighted by atomic mass is 16.2. The summed E-state index contributed by atoms with van der Waals surface area (Å²) in [6.45, 7) is -0.0623. The fraction of sp³-hybridized carbons (Fsp3) is 0.812. The molecule has 4 saturated carbocycles. The van der Waals surface area contributed by atoms with Gasteiger partial charge in [-0.15, -0.1) is 0 Å². The molecule has 5 rings (SSSR count). The molecule has 1 saturated heterocycles. The number of imide groups is 1. The molecule has 0 atom stereocenters. The average Bonchev–Trinajstić information content (AvgIpc) is 2.63. The Morgan fingerprint density at radius 3 is 2.14 bits per heavy atom. The first-order valence-electron chi connectivity index (χ1n) is 8.30. The number of amides is 4. The molecule has 0 unspecified atom stereocenters. The summed E-state index contributed by atoms with van der Waals surface area (Å²) >= 11 is 0. The van der Waals surface area contributed by atoms with Gasteiger partial charge in [0.2, 0.25) is 5.91 Å². The van der Waals surface area contributed by atoms with Gasteiger partial charge in [-0.2, -0.15) is 0 Å². The zero-order chi connectivity index (χ0) is 15.5. The standard InChI is InChI=1S/C16H23N3O3/c1-18-9-14(21)19(15(18)22)8-13(20)17-16-5-10-2-11(6-16)4-12(3-10)7-16/h10-12H,2-9H2,1H3,(H,17,20). The lowest BCUT2D eigenvalue weighted by Crippen LogP contribution is -2.61. The van der Waals surface area contributed by atoms with Gasteiger partial charge in [0, 0.05) is 12.6 Å². The first-order chi connectivity index (χ1) is 10.4. The molecule has 1 heterocycles. The van der Waals surface area contributed by atoms with E-state index in [0.717, 1.165) is 41.9 Å². The molecule has 4 amide bonds. The summed E-state index contributed by atoms with van der Waals surface area (Å²) in [4.78, 5) is 38.5. The molecule has 0 aromatic heterocycles. The number of nitrogens with one attached hydrogen (secondary N) is 1. The van der Waals surface area contributed by atoms with Crippen molar-refractivity contribution in [1.82, 2.24) is 15.1 Å². The third-order valence-electron chi connectivity index (χ3n) is 5.98. The molecule has 6 nitrogen and oxygen atoms in total. The summed E-state index contributed by atoms with van der Waals surface area (Å²) in [5.74, 6) is 1.81. The SMILES string of the molecule is CN1CC(=O)N(CC(=O)NC23CC4CC(CC(C4)C2)C3)C1=O. The maximum atomic E-state index is 12.4. The van der Waals surface area contributed by atoms with Gasteiger partial charge < -0.3 is 10.2 Å². The Bertz CT molecular complexity index is 509. The lowest BCUT2D eigenvalue weighted by atomic mass is 9.53. The third kappa shape index (κ3) is 2.20. The molecule has 1 N–H and O–H groups in total. The Kier molecular flexibility index (Phi) is 3.00. The van der Waals surface area contributed by atoms with E-state index in [4.69, 9.17) is 0 Å². The first kappa shape index (κ1) is 14.0. The molecular formula is C16H23N3O3. The van der Waals surface area contributed by atoms with Crippen molar-refractivity contribution >= 4 is 17.8 Å². The second-order valence-corrected chi connectivity index (χ2v) is 7.86.